The lowest BCUT2D eigenvalue weighted by molar-refractivity contribution is 0.752. The van der Waals surface area contributed by atoms with Gasteiger partial charge in [0.15, 0.2) is 0 Å². The number of rotatable bonds is 2. The molecule has 0 radical (unpaired) electrons. The number of anilines is 2. The number of fused-ring (bicyclic) bond motifs is 1. The fraction of sp³-hybridized carbons (Fsp3) is 0.312. The summed E-state index contributed by atoms with van der Waals surface area (Å²) in [5.41, 5.74) is 9.78. The third kappa shape index (κ3) is 2.88. The van der Waals surface area contributed by atoms with Gasteiger partial charge < -0.3 is 10.6 Å². The monoisotopic (exact) mass is 298 g/mol. The molecule has 1 aromatic heterocycles. The number of benzene rings is 1. The molecule has 5 heteroatoms. The fourth-order valence-electron chi connectivity index (χ4n) is 2.70. The molecule has 2 heterocycles. The topological polar surface area (TPSA) is 55.0 Å². The summed E-state index contributed by atoms with van der Waals surface area (Å²) in [6, 6.07) is 10.3. The van der Waals surface area contributed by atoms with Crippen LogP contribution < -0.4 is 10.6 Å². The second-order valence-corrected chi connectivity index (χ2v) is 5.74. The number of hydrogen-bond donors (Lipinski definition) is 1. The molecule has 0 fully saturated rings. The number of nitrogens with two attached hydrogens (primary N) is 1. The standard InChI is InChI=1S/C16H18N4S/c1-11-10-13(15(17)21)19-16(18-11)20-9-5-4-7-12-6-2-3-8-14(12)20/h2-3,6,8,10H,4-5,7,9H2,1H3,(H2,17,21). The molecule has 4 nitrogen and oxygen atoms in total. The maximum Gasteiger partial charge on any atom is 0.230 e. The summed E-state index contributed by atoms with van der Waals surface area (Å²) < 4.78 is 0. The Bertz CT molecular complexity index is 684. The Morgan fingerprint density at radius 3 is 2.86 bits per heavy atom. The summed E-state index contributed by atoms with van der Waals surface area (Å²) in [5.74, 6) is 0.687. The van der Waals surface area contributed by atoms with Crippen molar-refractivity contribution >= 4 is 28.8 Å². The molecule has 1 aliphatic rings. The van der Waals surface area contributed by atoms with Crippen molar-refractivity contribution in [2.45, 2.75) is 26.2 Å². The van der Waals surface area contributed by atoms with Gasteiger partial charge in [-0.15, -0.1) is 0 Å². The minimum atomic E-state index is 0.310. The second kappa shape index (κ2) is 5.77. The average Bonchev–Trinajstić information content (AvgIpc) is 2.69. The maximum atomic E-state index is 5.73. The minimum Gasteiger partial charge on any atom is -0.388 e. The number of hydrogen-bond acceptors (Lipinski definition) is 4. The van der Waals surface area contributed by atoms with Crippen molar-refractivity contribution in [1.82, 2.24) is 9.97 Å². The Balaban J connectivity index is 2.09. The number of aromatic nitrogens is 2. The van der Waals surface area contributed by atoms with Gasteiger partial charge in [-0.1, -0.05) is 30.4 Å². The molecule has 1 aromatic carbocycles. The minimum absolute atomic E-state index is 0.310. The van der Waals surface area contributed by atoms with Crippen molar-refractivity contribution in [2.75, 3.05) is 11.4 Å². The van der Waals surface area contributed by atoms with E-state index >= 15 is 0 Å². The first-order valence-corrected chi connectivity index (χ1v) is 7.57. The van der Waals surface area contributed by atoms with Gasteiger partial charge in [-0.2, -0.15) is 0 Å². The lowest BCUT2D eigenvalue weighted by Crippen LogP contribution is -2.23. The zero-order valence-electron chi connectivity index (χ0n) is 12.0. The highest BCUT2D eigenvalue weighted by atomic mass is 32.1. The van der Waals surface area contributed by atoms with Gasteiger partial charge in [-0.25, -0.2) is 9.97 Å². The Hall–Kier alpha value is -2.01. The maximum absolute atomic E-state index is 5.73. The summed E-state index contributed by atoms with van der Waals surface area (Å²) in [4.78, 5) is 11.6. The summed E-state index contributed by atoms with van der Waals surface area (Å²) in [6.07, 6.45) is 3.40. The lowest BCUT2D eigenvalue weighted by Gasteiger charge is -2.23. The normalized spacial score (nSPS) is 14.4. The van der Waals surface area contributed by atoms with E-state index in [9.17, 15) is 0 Å². The van der Waals surface area contributed by atoms with E-state index < -0.39 is 0 Å². The zero-order valence-corrected chi connectivity index (χ0v) is 12.9. The molecule has 0 atom stereocenters. The molecule has 0 aliphatic carbocycles. The first kappa shape index (κ1) is 13.9. The van der Waals surface area contributed by atoms with Crippen molar-refractivity contribution in [2.24, 2.45) is 5.73 Å². The molecular weight excluding hydrogens is 280 g/mol. The van der Waals surface area contributed by atoms with Crippen LogP contribution in [-0.4, -0.2) is 21.5 Å². The third-order valence-electron chi connectivity index (χ3n) is 3.70. The largest absolute Gasteiger partial charge is 0.388 e. The predicted molar refractivity (Wildman–Crippen MR) is 89.0 cm³/mol. The van der Waals surface area contributed by atoms with Gasteiger partial charge in [0, 0.05) is 17.9 Å². The van der Waals surface area contributed by atoms with Gasteiger partial charge in [0.25, 0.3) is 0 Å². The van der Waals surface area contributed by atoms with Crippen LogP contribution >= 0.6 is 12.2 Å². The zero-order chi connectivity index (χ0) is 14.8. The van der Waals surface area contributed by atoms with Crippen LogP contribution in [0, 0.1) is 6.92 Å². The molecular formula is C16H18N4S. The summed E-state index contributed by atoms with van der Waals surface area (Å²) in [6.45, 7) is 2.86. The molecule has 0 unspecified atom stereocenters. The van der Waals surface area contributed by atoms with Gasteiger partial charge in [-0.3, -0.25) is 0 Å². The van der Waals surface area contributed by atoms with Gasteiger partial charge in [0.2, 0.25) is 5.95 Å². The number of thiocarbonyl (C=S) groups is 1. The van der Waals surface area contributed by atoms with Gasteiger partial charge in [0.1, 0.15) is 10.7 Å². The smallest absolute Gasteiger partial charge is 0.230 e. The predicted octanol–water partition coefficient (Wildman–Crippen LogP) is 2.89. The summed E-state index contributed by atoms with van der Waals surface area (Å²) >= 11 is 5.06. The quantitative estimate of drug-likeness (QED) is 0.864. The van der Waals surface area contributed by atoms with Crippen LogP contribution in [-0.2, 0) is 6.42 Å². The second-order valence-electron chi connectivity index (χ2n) is 5.30. The molecule has 1 aliphatic heterocycles. The molecule has 3 rings (SSSR count). The van der Waals surface area contributed by atoms with E-state index in [0.717, 1.165) is 25.1 Å². The van der Waals surface area contributed by atoms with Crippen LogP contribution in [0.4, 0.5) is 11.6 Å². The highest BCUT2D eigenvalue weighted by Crippen LogP contribution is 2.30. The molecule has 2 N–H and O–H groups in total. The van der Waals surface area contributed by atoms with Gasteiger partial charge >= 0.3 is 0 Å². The van der Waals surface area contributed by atoms with E-state index in [0.29, 0.717) is 16.6 Å². The summed E-state index contributed by atoms with van der Waals surface area (Å²) in [7, 11) is 0. The van der Waals surface area contributed by atoms with Crippen molar-refractivity contribution in [3.63, 3.8) is 0 Å². The van der Waals surface area contributed by atoms with Crippen LogP contribution in [0.5, 0.6) is 0 Å². The average molecular weight is 298 g/mol. The van der Waals surface area contributed by atoms with E-state index in [1.165, 1.54) is 17.7 Å². The Morgan fingerprint density at radius 1 is 1.24 bits per heavy atom. The van der Waals surface area contributed by atoms with Crippen LogP contribution in [0.1, 0.15) is 29.8 Å². The van der Waals surface area contributed by atoms with E-state index in [2.05, 4.69) is 39.1 Å². The lowest BCUT2D eigenvalue weighted by atomic mass is 10.1. The van der Waals surface area contributed by atoms with Crippen molar-refractivity contribution in [3.8, 4) is 0 Å². The van der Waals surface area contributed by atoms with Crippen molar-refractivity contribution in [1.29, 1.82) is 0 Å². The van der Waals surface area contributed by atoms with E-state index in [1.807, 2.05) is 13.0 Å². The molecule has 2 aromatic rings. The molecule has 108 valence electrons. The molecule has 0 saturated carbocycles. The van der Waals surface area contributed by atoms with Crippen molar-refractivity contribution < 1.29 is 0 Å². The SMILES string of the molecule is Cc1cc(C(N)=S)nc(N2CCCCc3ccccc32)n1. The molecule has 0 bridgehead atoms. The number of aryl methyl sites for hydroxylation is 2. The van der Waals surface area contributed by atoms with Crippen molar-refractivity contribution in [3.05, 3.63) is 47.3 Å². The Labute approximate surface area is 130 Å². The summed E-state index contributed by atoms with van der Waals surface area (Å²) in [5, 5.41) is 0. The van der Waals surface area contributed by atoms with Gasteiger partial charge in [0.05, 0.1) is 0 Å². The molecule has 21 heavy (non-hydrogen) atoms. The Kier molecular flexibility index (Phi) is 3.84. The van der Waals surface area contributed by atoms with E-state index in [-0.39, 0.29) is 0 Å². The number of nitrogens with zero attached hydrogens (tertiary/aromatic N) is 3. The first-order valence-electron chi connectivity index (χ1n) is 7.16. The Morgan fingerprint density at radius 2 is 2.05 bits per heavy atom. The highest BCUT2D eigenvalue weighted by Gasteiger charge is 2.19. The third-order valence-corrected chi connectivity index (χ3v) is 3.91. The van der Waals surface area contributed by atoms with Gasteiger partial charge in [-0.05, 0) is 43.9 Å². The number of para-hydroxylation sites is 1. The van der Waals surface area contributed by atoms with Crippen LogP contribution in [0.15, 0.2) is 30.3 Å². The molecule has 0 saturated heterocycles. The van der Waals surface area contributed by atoms with Crippen LogP contribution in [0.25, 0.3) is 0 Å². The molecule has 0 spiro atoms. The van der Waals surface area contributed by atoms with E-state index in [1.54, 1.807) is 0 Å². The molecule has 0 amide bonds. The van der Waals surface area contributed by atoms with Crippen LogP contribution in [0.3, 0.4) is 0 Å². The van der Waals surface area contributed by atoms with Crippen LogP contribution in [0.2, 0.25) is 0 Å². The highest BCUT2D eigenvalue weighted by molar-refractivity contribution is 7.80. The fourth-order valence-corrected chi connectivity index (χ4v) is 2.80. The first-order chi connectivity index (χ1) is 10.1. The van der Waals surface area contributed by atoms with E-state index in [4.69, 9.17) is 18.0 Å².